The molecule has 0 amide bonds. The van der Waals surface area contributed by atoms with Gasteiger partial charge in [0.2, 0.25) is 0 Å². The van der Waals surface area contributed by atoms with Crippen LogP contribution in [0, 0.1) is 0 Å². The lowest BCUT2D eigenvalue weighted by molar-refractivity contribution is 0.118. The Balaban J connectivity index is 5.30. The van der Waals surface area contributed by atoms with Gasteiger partial charge in [0.05, 0.1) is 0 Å². The van der Waals surface area contributed by atoms with Crippen LogP contribution in [-0.4, -0.2) is 46.0 Å². The van der Waals surface area contributed by atoms with Gasteiger partial charge in [0.1, 0.15) is 16.5 Å². The van der Waals surface area contributed by atoms with E-state index in [9.17, 15) is 0 Å². The Morgan fingerprint density at radius 1 is 0.700 bits per heavy atom. The maximum atomic E-state index is 6.07. The molecule has 0 aromatic rings. The molecule has 0 N–H and O–H groups in total. The van der Waals surface area contributed by atoms with Crippen LogP contribution in [0.4, 0.5) is 0 Å². The molecule has 0 radical (unpaired) electrons. The van der Waals surface area contributed by atoms with E-state index < -0.39 is 16.5 Å². The highest BCUT2D eigenvalue weighted by atomic mass is 28.4. The number of hydrogen-bond acceptors (Lipinski definition) is 3. The second-order valence-electron chi connectivity index (χ2n) is 8.19. The fourth-order valence-corrected chi connectivity index (χ4v) is 13.9. The molecule has 6 heteroatoms. The minimum Gasteiger partial charge on any atom is -0.408 e. The molecule has 0 aliphatic carbocycles. The van der Waals surface area contributed by atoms with Gasteiger partial charge in [-0.1, -0.05) is 46.2 Å². The molecular formula is C14H36BNO2Si2. The Labute approximate surface area is 129 Å². The second-order valence-corrected chi connectivity index (χ2v) is 18.3. The maximum absolute atomic E-state index is 6.07. The van der Waals surface area contributed by atoms with Crippen molar-refractivity contribution in [2.75, 3.05) is 0 Å². The Hall–Kier alpha value is 0.379. The molecule has 120 valence electrons. The van der Waals surface area contributed by atoms with Crippen molar-refractivity contribution in [1.29, 1.82) is 0 Å². The summed E-state index contributed by atoms with van der Waals surface area (Å²) in [5, 5.41) is 0. The molecule has 1 unspecified atom stereocenters. The molecule has 0 saturated carbocycles. The Kier molecular flexibility index (Phi) is 7.73. The van der Waals surface area contributed by atoms with Crippen LogP contribution < -0.4 is 0 Å². The van der Waals surface area contributed by atoms with Crippen molar-refractivity contribution in [3.05, 3.63) is 0 Å². The second kappa shape index (κ2) is 7.58. The summed E-state index contributed by atoms with van der Waals surface area (Å²) in [5.74, 6) is 0.304. The normalized spacial score (nSPS) is 15.3. The van der Waals surface area contributed by atoms with Crippen molar-refractivity contribution in [2.45, 2.75) is 92.0 Å². The van der Waals surface area contributed by atoms with Gasteiger partial charge >= 0.3 is 7.12 Å². The summed E-state index contributed by atoms with van der Waals surface area (Å²) in [4.78, 5) is 0. The van der Waals surface area contributed by atoms with Gasteiger partial charge in [0.15, 0.2) is 0 Å². The van der Waals surface area contributed by atoms with Gasteiger partial charge in [-0.05, 0) is 27.7 Å². The lowest BCUT2D eigenvalue weighted by Gasteiger charge is -2.48. The zero-order chi connectivity index (χ0) is 16.3. The minimum atomic E-state index is -1.41. The zero-order valence-corrected chi connectivity index (χ0v) is 17.6. The number of rotatable bonds is 8. The van der Waals surface area contributed by atoms with E-state index in [-0.39, 0.29) is 19.3 Å². The molecule has 3 nitrogen and oxygen atoms in total. The monoisotopic (exact) mass is 317 g/mol. The third kappa shape index (κ3) is 6.89. The van der Waals surface area contributed by atoms with Crippen molar-refractivity contribution >= 4 is 23.6 Å². The van der Waals surface area contributed by atoms with Crippen molar-refractivity contribution in [2.24, 2.45) is 0 Å². The summed E-state index contributed by atoms with van der Waals surface area (Å²) in [5.41, 5.74) is 0. The maximum Gasteiger partial charge on any atom is 0.473 e. The molecule has 0 heterocycles. The molecule has 20 heavy (non-hydrogen) atoms. The quantitative estimate of drug-likeness (QED) is 0.626. The van der Waals surface area contributed by atoms with E-state index >= 15 is 0 Å². The van der Waals surface area contributed by atoms with Gasteiger partial charge in [-0.15, -0.1) is 0 Å². The van der Waals surface area contributed by atoms with Gasteiger partial charge < -0.3 is 13.5 Å². The number of hydrogen-bond donors (Lipinski definition) is 0. The summed E-state index contributed by atoms with van der Waals surface area (Å²) in [6.45, 7) is 25.1. The predicted octanol–water partition coefficient (Wildman–Crippen LogP) is 4.22. The van der Waals surface area contributed by atoms with Crippen LogP contribution in [0.5, 0.6) is 0 Å². The molecule has 0 spiro atoms. The van der Waals surface area contributed by atoms with Crippen molar-refractivity contribution in [3.63, 3.8) is 0 Å². The lowest BCUT2D eigenvalue weighted by atomic mass is 9.79. The Morgan fingerprint density at radius 2 is 1.00 bits per heavy atom. The average Bonchev–Trinajstić information content (AvgIpc) is 2.09. The van der Waals surface area contributed by atoms with Crippen molar-refractivity contribution < 1.29 is 9.31 Å². The highest BCUT2D eigenvalue weighted by Crippen LogP contribution is 2.25. The van der Waals surface area contributed by atoms with E-state index in [4.69, 9.17) is 9.31 Å². The number of nitrogens with zero attached hydrogens (tertiary/aromatic N) is 1. The van der Waals surface area contributed by atoms with E-state index in [2.05, 4.69) is 78.1 Å². The molecular weight excluding hydrogens is 281 g/mol. The van der Waals surface area contributed by atoms with Crippen LogP contribution in [0.25, 0.3) is 0 Å². The summed E-state index contributed by atoms with van der Waals surface area (Å²) >= 11 is 0. The van der Waals surface area contributed by atoms with Crippen LogP contribution in [-0.2, 0) is 9.31 Å². The summed E-state index contributed by atoms with van der Waals surface area (Å²) in [6, 6.07) is 0. The topological polar surface area (TPSA) is 21.7 Å². The molecule has 0 aromatic carbocycles. The molecule has 0 aliphatic heterocycles. The first-order chi connectivity index (χ1) is 8.76. The summed E-state index contributed by atoms with van der Waals surface area (Å²) < 4.78 is 14.9. The van der Waals surface area contributed by atoms with Gasteiger partial charge in [0, 0.05) is 18.1 Å². The first-order valence-electron chi connectivity index (χ1n) is 7.87. The predicted molar refractivity (Wildman–Crippen MR) is 96.2 cm³/mol. The van der Waals surface area contributed by atoms with Crippen molar-refractivity contribution in [3.8, 4) is 0 Å². The SMILES string of the molecule is CC(C)OB(OC(C)C)C(C)N([Si](C)(C)C)[Si](C)(C)C. The molecule has 0 aromatic heterocycles. The van der Waals surface area contributed by atoms with Crippen LogP contribution in [0.3, 0.4) is 0 Å². The molecule has 0 aliphatic rings. The zero-order valence-electron chi connectivity index (χ0n) is 15.6. The Morgan fingerprint density at radius 3 is 1.20 bits per heavy atom. The Bertz CT molecular complexity index is 264. The van der Waals surface area contributed by atoms with E-state index in [0.29, 0.717) is 5.94 Å². The standard InChI is InChI=1S/C14H36BNO2Si2/c1-12(2)17-15(18-13(3)4)14(5)16(19(6,7)8)20(9,10)11/h12-14H,1-11H3. The smallest absolute Gasteiger partial charge is 0.408 e. The minimum absolute atomic E-state index is 0.145. The van der Waals surface area contributed by atoms with Gasteiger partial charge in [0.25, 0.3) is 0 Å². The van der Waals surface area contributed by atoms with Crippen LogP contribution in [0.1, 0.15) is 34.6 Å². The lowest BCUT2D eigenvalue weighted by Crippen LogP contribution is -2.67. The van der Waals surface area contributed by atoms with E-state index in [1.807, 2.05) is 0 Å². The third-order valence-corrected chi connectivity index (χ3v) is 10.8. The molecule has 0 fully saturated rings. The molecule has 0 rings (SSSR count). The molecule has 1 atom stereocenters. The highest BCUT2D eigenvalue weighted by Gasteiger charge is 2.44. The highest BCUT2D eigenvalue weighted by molar-refractivity contribution is 6.90. The van der Waals surface area contributed by atoms with Gasteiger partial charge in [-0.3, -0.25) is 0 Å². The van der Waals surface area contributed by atoms with E-state index in [1.165, 1.54) is 0 Å². The van der Waals surface area contributed by atoms with E-state index in [1.54, 1.807) is 0 Å². The van der Waals surface area contributed by atoms with Crippen molar-refractivity contribution in [1.82, 2.24) is 4.23 Å². The summed E-state index contributed by atoms with van der Waals surface area (Å²) in [6.07, 6.45) is 0.373. The van der Waals surface area contributed by atoms with Crippen LogP contribution in [0.2, 0.25) is 39.3 Å². The van der Waals surface area contributed by atoms with Crippen LogP contribution >= 0.6 is 0 Å². The molecule has 0 saturated heterocycles. The third-order valence-electron chi connectivity index (χ3n) is 3.06. The fraction of sp³-hybridized carbons (Fsp3) is 1.00. The average molecular weight is 317 g/mol. The molecule has 0 bridgehead atoms. The first kappa shape index (κ1) is 20.4. The largest absolute Gasteiger partial charge is 0.473 e. The fourth-order valence-electron chi connectivity index (χ4n) is 3.15. The van der Waals surface area contributed by atoms with Gasteiger partial charge in [-0.25, -0.2) is 0 Å². The van der Waals surface area contributed by atoms with Crippen LogP contribution in [0.15, 0.2) is 0 Å². The van der Waals surface area contributed by atoms with E-state index in [0.717, 1.165) is 0 Å². The van der Waals surface area contributed by atoms with Gasteiger partial charge in [-0.2, -0.15) is 0 Å². The summed E-state index contributed by atoms with van der Waals surface area (Å²) in [7, 11) is -2.97. The first-order valence-corrected chi connectivity index (χ1v) is 14.8.